The van der Waals surface area contributed by atoms with E-state index in [9.17, 15) is 14.9 Å². The van der Waals surface area contributed by atoms with Crippen LogP contribution in [0, 0.1) is 10.1 Å². The number of aromatic nitrogens is 3. The molecule has 0 atom stereocenters. The molecule has 9 heteroatoms. The lowest BCUT2D eigenvalue weighted by atomic mass is 10.3. The lowest BCUT2D eigenvalue weighted by molar-refractivity contribution is -0.385. The van der Waals surface area contributed by atoms with Gasteiger partial charge in [0.2, 0.25) is 11.6 Å². The number of pyridine rings is 1. The van der Waals surface area contributed by atoms with Crippen LogP contribution in [0.1, 0.15) is 16.1 Å². The molecule has 1 N–H and O–H groups in total. The molecular formula is C11H10N4O5. The maximum absolute atomic E-state index is 10.9. The molecule has 104 valence electrons. The van der Waals surface area contributed by atoms with Crippen LogP contribution in [0.25, 0.3) is 0 Å². The summed E-state index contributed by atoms with van der Waals surface area (Å²) in [6.45, 7) is 0.116. The predicted molar refractivity (Wildman–Crippen MR) is 65.7 cm³/mol. The average molecular weight is 278 g/mol. The minimum absolute atomic E-state index is 0.116. The minimum Gasteiger partial charge on any atom is -0.481 e. The molecule has 0 amide bonds. The van der Waals surface area contributed by atoms with E-state index in [1.54, 1.807) is 12.1 Å². The average Bonchev–Trinajstić information content (AvgIpc) is 2.84. The van der Waals surface area contributed by atoms with Crippen LogP contribution in [0.15, 0.2) is 24.5 Å². The summed E-state index contributed by atoms with van der Waals surface area (Å²) >= 11 is 0. The van der Waals surface area contributed by atoms with E-state index in [2.05, 4.69) is 10.1 Å². The number of ether oxygens (including phenoxy) is 1. The Hall–Kier alpha value is -2.97. The van der Waals surface area contributed by atoms with Crippen LogP contribution in [-0.4, -0.2) is 37.9 Å². The lowest BCUT2D eigenvalue weighted by Crippen LogP contribution is -2.06. The second kappa shape index (κ2) is 5.34. The number of methoxy groups -OCH3 is 1. The molecule has 0 unspecified atom stereocenters. The topological polar surface area (TPSA) is 120 Å². The van der Waals surface area contributed by atoms with Crippen LogP contribution >= 0.6 is 0 Å². The zero-order chi connectivity index (χ0) is 14.7. The first-order chi connectivity index (χ1) is 9.52. The van der Waals surface area contributed by atoms with Gasteiger partial charge in [-0.2, -0.15) is 5.10 Å². The van der Waals surface area contributed by atoms with Crippen molar-refractivity contribution in [2.75, 3.05) is 7.11 Å². The van der Waals surface area contributed by atoms with Crippen molar-refractivity contribution in [3.63, 3.8) is 0 Å². The van der Waals surface area contributed by atoms with Crippen molar-refractivity contribution in [3.05, 3.63) is 45.9 Å². The zero-order valence-corrected chi connectivity index (χ0v) is 10.4. The van der Waals surface area contributed by atoms with Gasteiger partial charge < -0.3 is 9.84 Å². The molecule has 0 saturated heterocycles. The molecule has 0 fully saturated rings. The van der Waals surface area contributed by atoms with Gasteiger partial charge in [-0.25, -0.2) is 9.78 Å². The van der Waals surface area contributed by atoms with Crippen molar-refractivity contribution >= 4 is 11.7 Å². The molecule has 9 nitrogen and oxygen atoms in total. The van der Waals surface area contributed by atoms with E-state index in [0.717, 1.165) is 6.20 Å². The molecule has 20 heavy (non-hydrogen) atoms. The Kier molecular flexibility index (Phi) is 3.60. The third kappa shape index (κ3) is 2.55. The summed E-state index contributed by atoms with van der Waals surface area (Å²) in [5.74, 6) is -1.10. The Balaban J connectivity index is 2.37. The van der Waals surface area contributed by atoms with Crippen LogP contribution in [0.5, 0.6) is 5.88 Å². The highest BCUT2D eigenvalue weighted by atomic mass is 16.6. The highest BCUT2D eigenvalue weighted by Crippen LogP contribution is 2.20. The minimum atomic E-state index is -1.45. The van der Waals surface area contributed by atoms with E-state index in [1.165, 1.54) is 18.0 Å². The van der Waals surface area contributed by atoms with Gasteiger partial charge in [-0.15, -0.1) is 0 Å². The van der Waals surface area contributed by atoms with E-state index >= 15 is 0 Å². The third-order valence-electron chi connectivity index (χ3n) is 2.52. The zero-order valence-electron chi connectivity index (χ0n) is 10.4. The molecule has 0 aliphatic carbocycles. The van der Waals surface area contributed by atoms with E-state index < -0.39 is 22.3 Å². The molecule has 0 aromatic carbocycles. The molecule has 0 saturated carbocycles. The van der Waals surface area contributed by atoms with Gasteiger partial charge in [0.1, 0.15) is 6.20 Å². The van der Waals surface area contributed by atoms with Crippen LogP contribution < -0.4 is 4.74 Å². The summed E-state index contributed by atoms with van der Waals surface area (Å²) in [5.41, 5.74) is -0.525. The number of carboxylic acids is 1. The molecular weight excluding hydrogens is 268 g/mol. The van der Waals surface area contributed by atoms with Gasteiger partial charge in [0.15, 0.2) is 0 Å². The fourth-order valence-electron chi connectivity index (χ4n) is 1.68. The lowest BCUT2D eigenvalue weighted by Gasteiger charge is -2.06. The summed E-state index contributed by atoms with van der Waals surface area (Å²) in [6, 6.07) is 3.38. The highest BCUT2D eigenvalue weighted by Gasteiger charge is 2.25. The first-order valence-electron chi connectivity index (χ1n) is 5.46. The Morgan fingerprint density at radius 2 is 2.35 bits per heavy atom. The molecule has 2 aromatic heterocycles. The van der Waals surface area contributed by atoms with Gasteiger partial charge >= 0.3 is 11.7 Å². The van der Waals surface area contributed by atoms with Crippen LogP contribution in [-0.2, 0) is 6.54 Å². The normalized spacial score (nSPS) is 10.2. The predicted octanol–water partition coefficient (Wildman–Crippen LogP) is 0.941. The fourth-order valence-corrected chi connectivity index (χ4v) is 1.68. The summed E-state index contributed by atoms with van der Waals surface area (Å²) in [7, 11) is 1.44. The van der Waals surface area contributed by atoms with E-state index in [-0.39, 0.29) is 6.54 Å². The Labute approximate surface area is 112 Å². The monoisotopic (exact) mass is 278 g/mol. The molecule has 2 aromatic rings. The summed E-state index contributed by atoms with van der Waals surface area (Å²) in [5, 5.41) is 23.3. The number of hydrogen-bond acceptors (Lipinski definition) is 6. The van der Waals surface area contributed by atoms with Gasteiger partial charge in [0, 0.05) is 11.8 Å². The van der Waals surface area contributed by atoms with Crippen LogP contribution in [0.2, 0.25) is 0 Å². The van der Waals surface area contributed by atoms with Gasteiger partial charge in [-0.1, -0.05) is 6.07 Å². The highest BCUT2D eigenvalue weighted by molar-refractivity contribution is 5.89. The molecule has 0 aliphatic heterocycles. The van der Waals surface area contributed by atoms with Crippen molar-refractivity contribution in [2.45, 2.75) is 6.54 Å². The molecule has 0 radical (unpaired) electrons. The Morgan fingerprint density at radius 1 is 1.60 bits per heavy atom. The smallest absolute Gasteiger partial charge is 0.363 e. The third-order valence-corrected chi connectivity index (χ3v) is 2.52. The number of nitrogens with zero attached hydrogens (tertiary/aromatic N) is 4. The van der Waals surface area contributed by atoms with Gasteiger partial charge in [0.25, 0.3) is 0 Å². The molecule has 0 bridgehead atoms. The first-order valence-corrected chi connectivity index (χ1v) is 5.46. The number of carboxylic acid groups (broad SMARTS) is 1. The van der Waals surface area contributed by atoms with Crippen molar-refractivity contribution in [1.82, 2.24) is 14.8 Å². The van der Waals surface area contributed by atoms with Gasteiger partial charge in [0.05, 0.1) is 18.6 Å². The van der Waals surface area contributed by atoms with Crippen molar-refractivity contribution in [3.8, 4) is 5.88 Å². The number of carbonyl (C=O) groups is 1. The summed E-state index contributed by atoms with van der Waals surface area (Å²) in [6.07, 6.45) is 2.60. The van der Waals surface area contributed by atoms with E-state index in [1.807, 2.05) is 0 Å². The van der Waals surface area contributed by atoms with E-state index in [4.69, 9.17) is 9.84 Å². The second-order valence-corrected chi connectivity index (χ2v) is 3.79. The number of nitro groups is 1. The molecule has 2 rings (SSSR count). The summed E-state index contributed by atoms with van der Waals surface area (Å²) < 4.78 is 6.21. The SMILES string of the molecule is COc1ncccc1Cn1cc([N+](=O)[O-])c(C(=O)O)n1. The van der Waals surface area contributed by atoms with Crippen molar-refractivity contribution < 1.29 is 19.6 Å². The molecule has 0 aliphatic rings. The van der Waals surface area contributed by atoms with Crippen LogP contribution in [0.4, 0.5) is 5.69 Å². The Bertz CT molecular complexity index is 635. The van der Waals surface area contributed by atoms with Crippen molar-refractivity contribution in [2.24, 2.45) is 0 Å². The number of hydrogen-bond donors (Lipinski definition) is 1. The maximum atomic E-state index is 10.9. The number of rotatable bonds is 5. The number of aromatic carboxylic acids is 1. The fraction of sp³-hybridized carbons (Fsp3) is 0.182. The van der Waals surface area contributed by atoms with Gasteiger partial charge in [-0.3, -0.25) is 14.8 Å². The van der Waals surface area contributed by atoms with Crippen molar-refractivity contribution in [1.29, 1.82) is 0 Å². The van der Waals surface area contributed by atoms with Gasteiger partial charge in [-0.05, 0) is 6.07 Å². The quantitative estimate of drug-likeness (QED) is 0.638. The first kappa shape index (κ1) is 13.5. The summed E-state index contributed by atoms with van der Waals surface area (Å²) in [4.78, 5) is 24.9. The molecule has 0 spiro atoms. The van der Waals surface area contributed by atoms with Crippen LogP contribution in [0.3, 0.4) is 0 Å². The standard InChI is InChI=1S/C11H10N4O5/c1-20-10-7(3-2-4-12-10)5-14-6-8(15(18)19)9(13-14)11(16)17/h2-4,6H,5H2,1H3,(H,16,17). The maximum Gasteiger partial charge on any atom is 0.363 e. The second-order valence-electron chi connectivity index (χ2n) is 3.79. The molecule has 2 heterocycles. The van der Waals surface area contributed by atoms with E-state index in [0.29, 0.717) is 11.4 Å². The largest absolute Gasteiger partial charge is 0.481 e. The Morgan fingerprint density at radius 3 is 2.90 bits per heavy atom.